The van der Waals surface area contributed by atoms with Crippen molar-refractivity contribution in [2.24, 2.45) is 21.5 Å². The van der Waals surface area contributed by atoms with Crippen LogP contribution >= 0.6 is 11.8 Å². The number of amidine groups is 1. The van der Waals surface area contributed by atoms with E-state index in [1.54, 1.807) is 0 Å². The molecule has 0 radical (unpaired) electrons. The molecule has 0 spiro atoms. The summed E-state index contributed by atoms with van der Waals surface area (Å²) in [6.45, 7) is 0. The summed E-state index contributed by atoms with van der Waals surface area (Å²) >= 11 is 0.995. The first-order valence-corrected chi connectivity index (χ1v) is 7.16. The number of amides is 2. The Hall–Kier alpha value is -2.95. The maximum absolute atomic E-state index is 11.9. The van der Waals surface area contributed by atoms with E-state index < -0.39 is 22.0 Å². The lowest BCUT2D eigenvalue weighted by Gasteiger charge is -2.07. The molecule has 5 N–H and O–H groups in total. The standard InChI is InChI=1S/C12H12N6O4S/c13-11(14)17-12-16-10(20)8(23-12)5-9(19)15-6-1-3-7(4-2-6)18(21)22/h1-4,8H,5H2,(H,15,19)(H4,13,14,16,17,20)/t8-/m0/s1. The Bertz CT molecular complexity index is 711. The molecule has 1 aromatic rings. The van der Waals surface area contributed by atoms with Gasteiger partial charge in [0.15, 0.2) is 11.1 Å². The van der Waals surface area contributed by atoms with E-state index in [2.05, 4.69) is 15.3 Å². The molecule has 10 nitrogen and oxygen atoms in total. The van der Waals surface area contributed by atoms with Crippen molar-refractivity contribution < 1.29 is 14.5 Å². The first-order valence-electron chi connectivity index (χ1n) is 6.28. The molecule has 0 aliphatic carbocycles. The van der Waals surface area contributed by atoms with Gasteiger partial charge >= 0.3 is 0 Å². The molecule has 1 atom stereocenters. The zero-order valence-corrected chi connectivity index (χ0v) is 12.4. The molecule has 23 heavy (non-hydrogen) atoms. The van der Waals surface area contributed by atoms with Gasteiger partial charge in [0.25, 0.3) is 11.6 Å². The summed E-state index contributed by atoms with van der Waals surface area (Å²) in [4.78, 5) is 40.9. The first kappa shape index (κ1) is 16.4. The molecule has 1 heterocycles. The lowest BCUT2D eigenvalue weighted by molar-refractivity contribution is -0.384. The SMILES string of the molecule is NC(N)=NC1=NC(=O)[C@H](CC(=O)Nc2ccc([N+](=O)[O-])cc2)S1. The molecule has 0 aromatic heterocycles. The third-order valence-electron chi connectivity index (χ3n) is 2.69. The van der Waals surface area contributed by atoms with E-state index in [9.17, 15) is 19.7 Å². The zero-order chi connectivity index (χ0) is 17.0. The number of hydrogen-bond acceptors (Lipinski definition) is 6. The number of nitrogens with zero attached hydrogens (tertiary/aromatic N) is 3. The van der Waals surface area contributed by atoms with E-state index in [0.29, 0.717) is 5.69 Å². The number of anilines is 1. The topological polar surface area (TPSA) is 166 Å². The Labute approximate surface area is 134 Å². The van der Waals surface area contributed by atoms with E-state index in [0.717, 1.165) is 11.8 Å². The van der Waals surface area contributed by atoms with Crippen LogP contribution in [-0.2, 0) is 9.59 Å². The summed E-state index contributed by atoms with van der Waals surface area (Å²) in [6.07, 6.45) is -0.118. The Kier molecular flexibility index (Phi) is 4.91. The van der Waals surface area contributed by atoms with Gasteiger partial charge in [0.2, 0.25) is 5.91 Å². The minimum Gasteiger partial charge on any atom is -0.370 e. The van der Waals surface area contributed by atoms with Crippen LogP contribution in [0.25, 0.3) is 0 Å². The number of benzene rings is 1. The molecule has 2 amide bonds. The average Bonchev–Trinajstić information content (AvgIpc) is 2.78. The van der Waals surface area contributed by atoms with Crippen LogP contribution in [-0.4, -0.2) is 33.1 Å². The van der Waals surface area contributed by atoms with Crippen molar-refractivity contribution >= 4 is 46.1 Å². The number of aliphatic imine (C=N–C) groups is 2. The number of carbonyl (C=O) groups is 2. The van der Waals surface area contributed by atoms with Crippen molar-refractivity contribution in [2.75, 3.05) is 5.32 Å². The van der Waals surface area contributed by atoms with Crippen LogP contribution in [0.5, 0.6) is 0 Å². The van der Waals surface area contributed by atoms with Crippen LogP contribution < -0.4 is 16.8 Å². The van der Waals surface area contributed by atoms with Crippen LogP contribution in [0, 0.1) is 10.1 Å². The highest BCUT2D eigenvalue weighted by molar-refractivity contribution is 8.15. The zero-order valence-electron chi connectivity index (χ0n) is 11.6. The predicted molar refractivity (Wildman–Crippen MR) is 86.0 cm³/mol. The highest BCUT2D eigenvalue weighted by atomic mass is 32.2. The second-order valence-corrected chi connectivity index (χ2v) is 5.60. The van der Waals surface area contributed by atoms with E-state index in [1.165, 1.54) is 24.3 Å². The molecule has 1 aromatic carbocycles. The van der Waals surface area contributed by atoms with Gasteiger partial charge in [-0.05, 0) is 12.1 Å². The number of rotatable bonds is 4. The monoisotopic (exact) mass is 336 g/mol. The molecule has 0 fully saturated rings. The molecular formula is C12H12N6O4S. The van der Waals surface area contributed by atoms with E-state index in [4.69, 9.17) is 11.5 Å². The Morgan fingerprint density at radius 3 is 2.61 bits per heavy atom. The highest BCUT2D eigenvalue weighted by Crippen LogP contribution is 2.26. The summed E-state index contributed by atoms with van der Waals surface area (Å²) in [5.74, 6) is -1.14. The van der Waals surface area contributed by atoms with Crippen molar-refractivity contribution in [1.29, 1.82) is 0 Å². The summed E-state index contributed by atoms with van der Waals surface area (Å²) in [7, 11) is 0. The molecule has 0 bridgehead atoms. The maximum atomic E-state index is 11.9. The smallest absolute Gasteiger partial charge is 0.269 e. The van der Waals surface area contributed by atoms with Crippen LogP contribution in [0.3, 0.4) is 0 Å². The van der Waals surface area contributed by atoms with Crippen molar-refractivity contribution in [3.05, 3.63) is 34.4 Å². The van der Waals surface area contributed by atoms with Crippen molar-refractivity contribution in [1.82, 2.24) is 0 Å². The summed E-state index contributed by atoms with van der Waals surface area (Å²) in [5, 5.41) is 12.5. The number of carbonyl (C=O) groups excluding carboxylic acids is 2. The van der Waals surface area contributed by atoms with Gasteiger partial charge in [-0.25, -0.2) is 0 Å². The van der Waals surface area contributed by atoms with Crippen LogP contribution in [0.1, 0.15) is 6.42 Å². The fourth-order valence-electron chi connectivity index (χ4n) is 1.71. The van der Waals surface area contributed by atoms with Gasteiger partial charge < -0.3 is 16.8 Å². The summed E-state index contributed by atoms with van der Waals surface area (Å²) in [5.41, 5.74) is 10.7. The molecule has 2 rings (SSSR count). The number of guanidine groups is 1. The van der Waals surface area contributed by atoms with Crippen molar-refractivity contribution in [2.45, 2.75) is 11.7 Å². The fraction of sp³-hybridized carbons (Fsp3) is 0.167. The second kappa shape index (κ2) is 6.87. The van der Waals surface area contributed by atoms with Gasteiger partial charge in [-0.15, -0.1) is 0 Å². The minimum atomic E-state index is -0.703. The quantitative estimate of drug-likeness (QED) is 0.305. The normalized spacial score (nSPS) is 16.6. The van der Waals surface area contributed by atoms with Crippen molar-refractivity contribution in [3.8, 4) is 0 Å². The van der Waals surface area contributed by atoms with Gasteiger partial charge in [-0.2, -0.15) is 9.98 Å². The predicted octanol–water partition coefficient (Wildman–Crippen LogP) is 0.195. The molecule has 11 heteroatoms. The van der Waals surface area contributed by atoms with Gasteiger partial charge in [0.1, 0.15) is 5.25 Å². The summed E-state index contributed by atoms with van der Waals surface area (Å²) in [6, 6.07) is 5.35. The largest absolute Gasteiger partial charge is 0.370 e. The van der Waals surface area contributed by atoms with Gasteiger partial charge in [0, 0.05) is 24.2 Å². The molecule has 1 aliphatic heterocycles. The second-order valence-electron chi connectivity index (χ2n) is 4.43. The van der Waals surface area contributed by atoms with Crippen molar-refractivity contribution in [3.63, 3.8) is 0 Å². The number of non-ortho nitro benzene ring substituents is 1. The number of nitro groups is 1. The average molecular weight is 336 g/mol. The fourth-order valence-corrected chi connectivity index (χ4v) is 2.65. The van der Waals surface area contributed by atoms with E-state index in [1.807, 2.05) is 0 Å². The summed E-state index contributed by atoms with van der Waals surface area (Å²) < 4.78 is 0. The van der Waals surface area contributed by atoms with Gasteiger partial charge in [0.05, 0.1) is 4.92 Å². The van der Waals surface area contributed by atoms with E-state index in [-0.39, 0.29) is 23.2 Å². The number of hydrogen-bond donors (Lipinski definition) is 3. The number of thioether (sulfide) groups is 1. The third-order valence-corrected chi connectivity index (χ3v) is 3.73. The molecule has 0 unspecified atom stereocenters. The maximum Gasteiger partial charge on any atom is 0.269 e. The van der Waals surface area contributed by atoms with E-state index >= 15 is 0 Å². The Balaban J connectivity index is 1.92. The lowest BCUT2D eigenvalue weighted by atomic mass is 10.2. The molecule has 0 saturated heterocycles. The molecule has 0 saturated carbocycles. The van der Waals surface area contributed by atoms with Crippen LogP contribution in [0.2, 0.25) is 0 Å². The van der Waals surface area contributed by atoms with Crippen LogP contribution in [0.4, 0.5) is 11.4 Å². The number of nitrogens with two attached hydrogens (primary N) is 2. The first-order chi connectivity index (χ1) is 10.8. The third kappa shape index (κ3) is 4.51. The number of nitrogens with one attached hydrogen (secondary N) is 1. The lowest BCUT2D eigenvalue weighted by Crippen LogP contribution is -2.23. The Morgan fingerprint density at radius 1 is 1.39 bits per heavy atom. The highest BCUT2D eigenvalue weighted by Gasteiger charge is 2.30. The number of nitro benzene ring substituents is 1. The van der Waals surface area contributed by atoms with Gasteiger partial charge in [-0.3, -0.25) is 19.7 Å². The van der Waals surface area contributed by atoms with Gasteiger partial charge in [-0.1, -0.05) is 11.8 Å². The molecule has 120 valence electrons. The molecular weight excluding hydrogens is 324 g/mol. The van der Waals surface area contributed by atoms with Crippen LogP contribution in [0.15, 0.2) is 34.3 Å². The molecule has 1 aliphatic rings. The Morgan fingerprint density at radius 2 is 2.04 bits per heavy atom. The minimum absolute atomic E-state index is 0.0835.